The van der Waals surface area contributed by atoms with Crippen LogP contribution in [0.5, 0.6) is 5.75 Å². The minimum Gasteiger partial charge on any atom is -0.497 e. The molecule has 3 aromatic rings. The van der Waals surface area contributed by atoms with Gasteiger partial charge in [0.15, 0.2) is 0 Å². The number of nitrogens with zero attached hydrogens (tertiary/aromatic N) is 1. The number of nitrogens with one attached hydrogen (secondary N) is 1. The van der Waals surface area contributed by atoms with Crippen LogP contribution in [-0.2, 0) is 10.4 Å². The third kappa shape index (κ3) is 1.74. The first-order valence-corrected chi connectivity index (χ1v) is 7.33. The summed E-state index contributed by atoms with van der Waals surface area (Å²) in [6.07, 6.45) is 0. The summed E-state index contributed by atoms with van der Waals surface area (Å²) in [4.78, 5) is 17.4. The van der Waals surface area contributed by atoms with Crippen LogP contribution in [0.25, 0.3) is 10.9 Å². The molecule has 0 bridgehead atoms. The number of hydrogen-bond acceptors (Lipinski definition) is 3. The largest absolute Gasteiger partial charge is 0.497 e. The second kappa shape index (κ2) is 4.60. The van der Waals surface area contributed by atoms with Crippen molar-refractivity contribution >= 4 is 22.5 Å². The van der Waals surface area contributed by atoms with Crippen molar-refractivity contribution in [1.29, 1.82) is 0 Å². The molecule has 1 atom stereocenters. The van der Waals surface area contributed by atoms with Gasteiger partial charge in [-0.2, -0.15) is 0 Å². The van der Waals surface area contributed by atoms with Gasteiger partial charge in [-0.25, -0.2) is 0 Å². The van der Waals surface area contributed by atoms with Gasteiger partial charge in [-0.05, 0) is 30.3 Å². The van der Waals surface area contributed by atoms with Crippen LogP contribution in [0.2, 0.25) is 0 Å². The zero-order valence-corrected chi connectivity index (χ0v) is 12.8. The number of para-hydroxylation sites is 1. The average molecular weight is 308 g/mol. The van der Waals surface area contributed by atoms with E-state index in [9.17, 15) is 9.90 Å². The highest BCUT2D eigenvalue weighted by molar-refractivity contribution is 6.09. The molecule has 1 amide bonds. The molecule has 0 saturated heterocycles. The van der Waals surface area contributed by atoms with Crippen LogP contribution < -0.4 is 9.64 Å². The van der Waals surface area contributed by atoms with Crippen molar-refractivity contribution in [1.82, 2.24) is 4.98 Å². The van der Waals surface area contributed by atoms with E-state index in [1.165, 1.54) is 4.90 Å². The molecule has 0 radical (unpaired) electrons. The number of hydrogen-bond donors (Lipinski definition) is 2. The summed E-state index contributed by atoms with van der Waals surface area (Å²) in [6, 6.07) is 14.7. The van der Waals surface area contributed by atoms with Crippen molar-refractivity contribution in [3.8, 4) is 5.75 Å². The molecular weight excluding hydrogens is 292 g/mol. The van der Waals surface area contributed by atoms with Crippen LogP contribution in [0, 0.1) is 0 Å². The fourth-order valence-corrected chi connectivity index (χ4v) is 3.23. The van der Waals surface area contributed by atoms with Crippen LogP contribution in [-0.4, -0.2) is 30.2 Å². The molecule has 23 heavy (non-hydrogen) atoms. The van der Waals surface area contributed by atoms with E-state index < -0.39 is 5.60 Å². The number of likely N-dealkylation sites (N-methyl/N-ethyl adjacent to an activating group) is 1. The zero-order chi connectivity index (χ0) is 16.2. The molecule has 1 aromatic heterocycles. The number of benzene rings is 2. The number of amides is 1. The van der Waals surface area contributed by atoms with E-state index >= 15 is 0 Å². The second-order valence-corrected chi connectivity index (χ2v) is 5.73. The summed E-state index contributed by atoms with van der Waals surface area (Å²) in [5, 5.41) is 12.1. The first-order chi connectivity index (χ1) is 11.1. The summed E-state index contributed by atoms with van der Waals surface area (Å²) in [5.41, 5.74) is 0.913. The molecule has 4 rings (SSSR count). The van der Waals surface area contributed by atoms with Gasteiger partial charge in [0.1, 0.15) is 5.75 Å². The lowest BCUT2D eigenvalue weighted by atomic mass is 9.92. The minimum absolute atomic E-state index is 0.364. The molecular formula is C18H16N2O3. The standard InChI is InChI=1S/C18H16N2O3/c1-20-15-6-4-3-5-13(15)18(22,17(20)21)16-10-11-9-12(23-2)7-8-14(11)19-16/h3-10,19,22H,1-2H3. The number of aromatic amines is 1. The normalized spacial score (nSPS) is 20.1. The predicted molar refractivity (Wildman–Crippen MR) is 87.7 cm³/mol. The Morgan fingerprint density at radius 1 is 1.17 bits per heavy atom. The number of carbonyl (C=O) groups excluding carboxylic acids is 1. The summed E-state index contributed by atoms with van der Waals surface area (Å²) in [7, 11) is 3.28. The fraction of sp³-hybridized carbons (Fsp3) is 0.167. The maximum Gasteiger partial charge on any atom is 0.269 e. The fourth-order valence-electron chi connectivity index (χ4n) is 3.23. The van der Waals surface area contributed by atoms with Gasteiger partial charge in [-0.1, -0.05) is 18.2 Å². The van der Waals surface area contributed by atoms with E-state index in [4.69, 9.17) is 4.74 Å². The number of fused-ring (bicyclic) bond motifs is 2. The number of ether oxygens (including phenoxy) is 1. The monoisotopic (exact) mass is 308 g/mol. The van der Waals surface area contributed by atoms with Crippen LogP contribution in [0.15, 0.2) is 48.5 Å². The van der Waals surface area contributed by atoms with Gasteiger partial charge in [0.2, 0.25) is 5.60 Å². The van der Waals surface area contributed by atoms with Crippen molar-refractivity contribution in [3.63, 3.8) is 0 Å². The highest BCUT2D eigenvalue weighted by Gasteiger charge is 2.50. The summed E-state index contributed by atoms with van der Waals surface area (Å²) < 4.78 is 5.23. The van der Waals surface area contributed by atoms with Gasteiger partial charge in [-0.3, -0.25) is 4.79 Å². The number of aliphatic hydroxyl groups is 1. The Bertz CT molecular complexity index is 931. The minimum atomic E-state index is -1.70. The molecule has 1 aliphatic rings. The predicted octanol–water partition coefficient (Wildman–Crippen LogP) is 2.39. The van der Waals surface area contributed by atoms with Crippen LogP contribution in [0.4, 0.5) is 5.69 Å². The molecule has 0 fully saturated rings. The van der Waals surface area contributed by atoms with E-state index in [-0.39, 0.29) is 5.91 Å². The number of H-pyrrole nitrogens is 1. The molecule has 2 N–H and O–H groups in total. The maximum atomic E-state index is 12.7. The van der Waals surface area contributed by atoms with Crippen molar-refractivity contribution in [3.05, 3.63) is 59.8 Å². The Hall–Kier alpha value is -2.79. The van der Waals surface area contributed by atoms with Gasteiger partial charge in [-0.15, -0.1) is 0 Å². The van der Waals surface area contributed by atoms with Crippen LogP contribution >= 0.6 is 0 Å². The lowest BCUT2D eigenvalue weighted by Gasteiger charge is -2.20. The van der Waals surface area contributed by atoms with Gasteiger partial charge in [0, 0.05) is 23.5 Å². The Labute approximate surface area is 133 Å². The maximum absolute atomic E-state index is 12.7. The molecule has 2 heterocycles. The lowest BCUT2D eigenvalue weighted by Crippen LogP contribution is -2.39. The molecule has 1 unspecified atom stereocenters. The van der Waals surface area contributed by atoms with Gasteiger partial charge >= 0.3 is 0 Å². The Morgan fingerprint density at radius 2 is 1.96 bits per heavy atom. The van der Waals surface area contributed by atoms with Gasteiger partial charge in [0.05, 0.1) is 18.5 Å². The SMILES string of the molecule is COc1ccc2[nH]c(C3(O)C(=O)N(C)c4ccccc43)cc2c1. The van der Waals surface area contributed by atoms with E-state index in [0.29, 0.717) is 11.3 Å². The molecule has 0 spiro atoms. The number of carbonyl (C=O) groups is 1. The van der Waals surface area contributed by atoms with Crippen molar-refractivity contribution in [2.45, 2.75) is 5.60 Å². The molecule has 0 saturated carbocycles. The summed E-state index contributed by atoms with van der Waals surface area (Å²) in [6.45, 7) is 0. The van der Waals surface area contributed by atoms with Gasteiger partial charge in [0.25, 0.3) is 5.91 Å². The second-order valence-electron chi connectivity index (χ2n) is 5.73. The van der Waals surface area contributed by atoms with E-state index in [1.54, 1.807) is 26.3 Å². The van der Waals surface area contributed by atoms with E-state index in [0.717, 1.165) is 22.3 Å². The third-order valence-electron chi connectivity index (χ3n) is 4.49. The molecule has 2 aromatic carbocycles. The zero-order valence-electron chi connectivity index (χ0n) is 12.8. The number of anilines is 1. The van der Waals surface area contributed by atoms with Crippen molar-refractivity contribution in [2.24, 2.45) is 0 Å². The molecule has 5 heteroatoms. The van der Waals surface area contributed by atoms with Crippen LogP contribution in [0.1, 0.15) is 11.3 Å². The molecule has 0 aliphatic carbocycles. The van der Waals surface area contributed by atoms with Gasteiger partial charge < -0.3 is 19.7 Å². The quantitative estimate of drug-likeness (QED) is 0.764. The number of aromatic nitrogens is 1. The average Bonchev–Trinajstić information content (AvgIpc) is 3.10. The Kier molecular flexibility index (Phi) is 2.77. The molecule has 116 valence electrons. The molecule has 5 nitrogen and oxygen atoms in total. The Morgan fingerprint density at radius 3 is 2.74 bits per heavy atom. The van der Waals surface area contributed by atoms with Crippen LogP contribution in [0.3, 0.4) is 0 Å². The number of rotatable bonds is 2. The molecule has 1 aliphatic heterocycles. The first-order valence-electron chi connectivity index (χ1n) is 7.33. The van der Waals surface area contributed by atoms with E-state index in [2.05, 4.69) is 4.98 Å². The van der Waals surface area contributed by atoms with Crippen molar-refractivity contribution in [2.75, 3.05) is 19.1 Å². The lowest BCUT2D eigenvalue weighted by molar-refractivity contribution is -0.132. The first kappa shape index (κ1) is 13.8. The summed E-state index contributed by atoms with van der Waals surface area (Å²) >= 11 is 0. The van der Waals surface area contributed by atoms with Crippen molar-refractivity contribution < 1.29 is 14.6 Å². The highest BCUT2D eigenvalue weighted by Crippen LogP contribution is 2.43. The van der Waals surface area contributed by atoms with E-state index in [1.807, 2.05) is 36.4 Å². The highest BCUT2D eigenvalue weighted by atomic mass is 16.5. The third-order valence-corrected chi connectivity index (χ3v) is 4.49. The topological polar surface area (TPSA) is 65.6 Å². The smallest absolute Gasteiger partial charge is 0.269 e. The Balaban J connectivity index is 1.94. The number of methoxy groups -OCH3 is 1. The summed E-state index contributed by atoms with van der Waals surface area (Å²) in [5.74, 6) is 0.363.